The standard InChI is InChI=1S/C18H21BN4O6S/c1-23(2)18(27)22-14(12-8-30-17(20)21-12)13(24)7-10-6-9-4-3-5-11(16(25)26)15(9)29-19(10)28/h3-5,8,10,14,28H,6-7H2,1-2H3,(H2,20,21)(H,22,27)(H,25,26)/t10-,14?/m1/s1. The van der Waals surface area contributed by atoms with Gasteiger partial charge in [0.15, 0.2) is 10.9 Å². The minimum atomic E-state index is -1.37. The normalized spacial score (nSPS) is 16.2. The molecule has 0 aliphatic carbocycles. The van der Waals surface area contributed by atoms with E-state index in [0.29, 0.717) is 11.3 Å². The van der Waals surface area contributed by atoms with Crippen molar-refractivity contribution in [2.75, 3.05) is 19.8 Å². The van der Waals surface area contributed by atoms with Gasteiger partial charge in [0.25, 0.3) is 0 Å². The summed E-state index contributed by atoms with van der Waals surface area (Å²) < 4.78 is 5.44. The number of aromatic carboxylic acids is 1. The summed E-state index contributed by atoms with van der Waals surface area (Å²) in [6.07, 6.45) is 0.130. The molecule has 0 spiro atoms. The molecular weight excluding hydrogens is 411 g/mol. The first kappa shape index (κ1) is 21.6. The Hall–Kier alpha value is -3.12. The minimum absolute atomic E-state index is 0.0506. The number of para-hydroxylation sites is 1. The summed E-state index contributed by atoms with van der Waals surface area (Å²) >= 11 is 1.15. The Morgan fingerprint density at radius 1 is 1.43 bits per heavy atom. The van der Waals surface area contributed by atoms with Crippen molar-refractivity contribution >= 4 is 41.4 Å². The number of fused-ring (bicyclic) bond motifs is 1. The largest absolute Gasteiger partial charge is 0.535 e. The Morgan fingerprint density at radius 3 is 2.77 bits per heavy atom. The van der Waals surface area contributed by atoms with Crippen LogP contribution in [0.5, 0.6) is 5.75 Å². The molecule has 0 bridgehead atoms. The predicted octanol–water partition coefficient (Wildman–Crippen LogP) is 1.18. The van der Waals surface area contributed by atoms with E-state index in [2.05, 4.69) is 10.3 Å². The topological polar surface area (TPSA) is 155 Å². The van der Waals surface area contributed by atoms with Crippen LogP contribution in [0.1, 0.15) is 34.1 Å². The average molecular weight is 432 g/mol. The maximum absolute atomic E-state index is 13.0. The lowest BCUT2D eigenvalue weighted by Crippen LogP contribution is -2.42. The summed E-state index contributed by atoms with van der Waals surface area (Å²) in [5, 5.41) is 24.2. The molecule has 0 fully saturated rings. The number of nitrogens with one attached hydrogen (secondary N) is 1. The van der Waals surface area contributed by atoms with Gasteiger partial charge in [-0.05, 0) is 18.1 Å². The number of carbonyl (C=O) groups is 3. The van der Waals surface area contributed by atoms with Crippen molar-refractivity contribution < 1.29 is 29.2 Å². The van der Waals surface area contributed by atoms with E-state index < -0.39 is 31.0 Å². The van der Waals surface area contributed by atoms with E-state index in [1.54, 1.807) is 31.6 Å². The molecule has 5 N–H and O–H groups in total. The van der Waals surface area contributed by atoms with Crippen molar-refractivity contribution in [1.29, 1.82) is 0 Å². The van der Waals surface area contributed by atoms with Crippen molar-refractivity contribution in [2.24, 2.45) is 0 Å². The minimum Gasteiger partial charge on any atom is -0.535 e. The van der Waals surface area contributed by atoms with Gasteiger partial charge in [-0.3, -0.25) is 4.79 Å². The molecule has 3 rings (SSSR count). The summed E-state index contributed by atoms with van der Waals surface area (Å²) in [5.74, 6) is -2.06. The van der Waals surface area contributed by atoms with E-state index in [9.17, 15) is 24.5 Å². The van der Waals surface area contributed by atoms with Gasteiger partial charge in [0.1, 0.15) is 11.8 Å². The molecule has 0 radical (unpaired) electrons. The van der Waals surface area contributed by atoms with Gasteiger partial charge in [0.05, 0.1) is 11.3 Å². The highest BCUT2D eigenvalue weighted by Crippen LogP contribution is 2.37. The lowest BCUT2D eigenvalue weighted by Gasteiger charge is -2.29. The lowest BCUT2D eigenvalue weighted by molar-refractivity contribution is -0.121. The molecule has 12 heteroatoms. The van der Waals surface area contributed by atoms with Crippen LogP contribution in [0, 0.1) is 0 Å². The van der Waals surface area contributed by atoms with E-state index >= 15 is 0 Å². The molecule has 158 valence electrons. The van der Waals surface area contributed by atoms with Gasteiger partial charge in [0.2, 0.25) is 0 Å². The number of ketones is 1. The number of carboxylic acid groups (broad SMARTS) is 1. The Kier molecular flexibility index (Phi) is 6.27. The van der Waals surface area contributed by atoms with Crippen molar-refractivity contribution in [1.82, 2.24) is 15.2 Å². The van der Waals surface area contributed by atoms with E-state index in [1.807, 2.05) is 0 Å². The van der Waals surface area contributed by atoms with Gasteiger partial charge in [-0.1, -0.05) is 12.1 Å². The summed E-state index contributed by atoms with van der Waals surface area (Å²) in [6, 6.07) is 3.15. The van der Waals surface area contributed by atoms with Gasteiger partial charge in [-0.25, -0.2) is 14.6 Å². The molecule has 0 saturated heterocycles. The smallest absolute Gasteiger partial charge is 0.526 e. The van der Waals surface area contributed by atoms with Gasteiger partial charge >= 0.3 is 19.1 Å². The van der Waals surface area contributed by atoms with Crippen LogP contribution >= 0.6 is 11.3 Å². The van der Waals surface area contributed by atoms with Crippen LogP contribution in [0.15, 0.2) is 23.6 Å². The van der Waals surface area contributed by atoms with Crippen LogP contribution in [0.4, 0.5) is 9.93 Å². The van der Waals surface area contributed by atoms with Crippen molar-refractivity contribution in [3.8, 4) is 5.75 Å². The predicted molar refractivity (Wildman–Crippen MR) is 111 cm³/mol. The van der Waals surface area contributed by atoms with Crippen molar-refractivity contribution in [3.05, 3.63) is 40.4 Å². The number of anilines is 1. The molecule has 1 aliphatic rings. The second-order valence-corrected chi connectivity index (χ2v) is 8.02. The Morgan fingerprint density at radius 2 is 2.17 bits per heavy atom. The zero-order valence-electron chi connectivity index (χ0n) is 16.4. The second-order valence-electron chi connectivity index (χ2n) is 7.13. The highest BCUT2D eigenvalue weighted by molar-refractivity contribution is 7.13. The molecule has 2 heterocycles. The van der Waals surface area contributed by atoms with E-state index in [4.69, 9.17) is 10.4 Å². The summed E-state index contributed by atoms with van der Waals surface area (Å²) in [4.78, 5) is 41.9. The molecule has 2 aromatic rings. The second kappa shape index (κ2) is 8.72. The Bertz CT molecular complexity index is 981. The van der Waals surface area contributed by atoms with Crippen LogP contribution < -0.4 is 15.7 Å². The lowest BCUT2D eigenvalue weighted by atomic mass is 9.64. The zero-order chi connectivity index (χ0) is 22.0. The Balaban J connectivity index is 1.81. The van der Waals surface area contributed by atoms with E-state index in [1.165, 1.54) is 11.0 Å². The highest BCUT2D eigenvalue weighted by atomic mass is 32.1. The third-order valence-corrected chi connectivity index (χ3v) is 5.44. The molecule has 1 aromatic carbocycles. The quantitative estimate of drug-likeness (QED) is 0.496. The number of hydrogen-bond donors (Lipinski definition) is 4. The number of urea groups is 1. The third kappa shape index (κ3) is 4.55. The summed E-state index contributed by atoms with van der Waals surface area (Å²) in [7, 11) is 1.72. The molecule has 1 unspecified atom stereocenters. The Labute approximate surface area is 176 Å². The first-order chi connectivity index (χ1) is 14.2. The molecule has 10 nitrogen and oxygen atoms in total. The third-order valence-electron chi connectivity index (χ3n) is 4.75. The zero-order valence-corrected chi connectivity index (χ0v) is 17.2. The molecule has 1 aromatic heterocycles. The van der Waals surface area contributed by atoms with Crippen molar-refractivity contribution in [2.45, 2.75) is 24.7 Å². The number of benzene rings is 1. The SMILES string of the molecule is CN(C)C(=O)NC(C(=O)C[C@H]1Cc2cccc(C(=O)O)c2OB1O)c1csc(N)n1. The number of thiazole rings is 1. The van der Waals surface area contributed by atoms with E-state index in [-0.39, 0.29) is 35.1 Å². The fourth-order valence-corrected chi connectivity index (χ4v) is 3.80. The van der Waals surface area contributed by atoms with Gasteiger partial charge in [0, 0.05) is 31.7 Å². The summed E-state index contributed by atoms with van der Waals surface area (Å²) in [5.41, 5.74) is 6.52. The van der Waals surface area contributed by atoms with Crippen LogP contribution in [0.2, 0.25) is 5.82 Å². The average Bonchev–Trinajstić information content (AvgIpc) is 3.11. The number of rotatable bonds is 6. The number of carbonyl (C=O) groups excluding carboxylic acids is 2. The van der Waals surface area contributed by atoms with E-state index in [0.717, 1.165) is 11.3 Å². The monoisotopic (exact) mass is 432 g/mol. The molecule has 2 atom stereocenters. The number of amides is 2. The van der Waals surface area contributed by atoms with Crippen LogP contribution in [-0.2, 0) is 11.2 Å². The molecule has 2 amide bonds. The number of carboxylic acids is 1. The van der Waals surface area contributed by atoms with Gasteiger partial charge in [-0.15, -0.1) is 11.3 Å². The fourth-order valence-electron chi connectivity index (χ4n) is 3.21. The molecular formula is C18H21BN4O6S. The fraction of sp³-hybridized carbons (Fsp3) is 0.333. The maximum atomic E-state index is 13.0. The molecule has 0 saturated carbocycles. The van der Waals surface area contributed by atoms with Crippen LogP contribution in [0.3, 0.4) is 0 Å². The number of nitrogens with zero attached hydrogens (tertiary/aromatic N) is 2. The van der Waals surface area contributed by atoms with Gasteiger partial charge in [-0.2, -0.15) is 0 Å². The van der Waals surface area contributed by atoms with Crippen LogP contribution in [-0.4, -0.2) is 59.0 Å². The maximum Gasteiger partial charge on any atom is 0.526 e. The number of nitrogen functional groups attached to an aromatic ring is 1. The first-order valence-electron chi connectivity index (χ1n) is 9.08. The number of nitrogens with two attached hydrogens (primary N) is 1. The number of hydrogen-bond acceptors (Lipinski definition) is 8. The molecule has 1 aliphatic heterocycles. The van der Waals surface area contributed by atoms with Gasteiger partial charge < -0.3 is 30.7 Å². The highest BCUT2D eigenvalue weighted by Gasteiger charge is 2.39. The first-order valence-corrected chi connectivity index (χ1v) is 9.96. The van der Waals surface area contributed by atoms with Crippen LogP contribution in [0.25, 0.3) is 0 Å². The molecule has 30 heavy (non-hydrogen) atoms. The van der Waals surface area contributed by atoms with Crippen molar-refractivity contribution in [3.63, 3.8) is 0 Å². The summed E-state index contributed by atoms with van der Waals surface area (Å²) in [6.45, 7) is 0. The number of aromatic nitrogens is 1. The number of Topliss-reactive ketones (excluding diaryl/α,β-unsaturated/α-hetero) is 1.